The first-order chi connectivity index (χ1) is 16.5. The van der Waals surface area contributed by atoms with Gasteiger partial charge in [-0.15, -0.1) is 0 Å². The van der Waals surface area contributed by atoms with Crippen LogP contribution < -0.4 is 11.1 Å². The number of guanidine groups is 2. The summed E-state index contributed by atoms with van der Waals surface area (Å²) in [5.74, 6) is 4.33. The summed E-state index contributed by atoms with van der Waals surface area (Å²) in [5, 5.41) is 12.4. The van der Waals surface area contributed by atoms with Crippen LogP contribution in [0.3, 0.4) is 0 Å². The van der Waals surface area contributed by atoms with Crippen molar-refractivity contribution in [3.8, 4) is 0 Å². The highest BCUT2D eigenvalue weighted by atomic mass is 16.4. The molecule has 5 fully saturated rings. The summed E-state index contributed by atoms with van der Waals surface area (Å²) in [6, 6.07) is 0. The first-order valence-electron chi connectivity index (χ1n) is 14.2. The smallest absolute Gasteiger partial charge is 0.303 e. The normalized spacial score (nSPS) is 48.3. The highest BCUT2D eigenvalue weighted by Crippen LogP contribution is 2.86. The summed E-state index contributed by atoms with van der Waals surface area (Å²) in [4.78, 5) is 23.2. The number of aliphatic imine (C=N–C) groups is 2. The van der Waals surface area contributed by atoms with Crippen LogP contribution in [-0.2, 0) is 4.79 Å². The maximum absolute atomic E-state index is 11.2. The molecule has 7 nitrogen and oxygen atoms in total. The molecule has 3 spiro atoms. The van der Waals surface area contributed by atoms with Crippen molar-refractivity contribution in [1.82, 2.24) is 10.2 Å². The molecule has 1 aliphatic heterocycles. The van der Waals surface area contributed by atoms with Gasteiger partial charge in [0, 0.05) is 20.5 Å². The molecule has 1 heterocycles. The minimum absolute atomic E-state index is 0.318. The van der Waals surface area contributed by atoms with Gasteiger partial charge in [0.15, 0.2) is 11.6 Å². The summed E-state index contributed by atoms with van der Waals surface area (Å²) in [6.45, 7) is 4.91. The number of nitrogens with two attached hydrogens (primary N) is 1. The standard InChI is InChI=1S/C28H45N5O2/c1-17(5-10-22(34)35)19-8-9-20-21-7-6-18-15-28(31-23(29)30-24(32-28)33(3)4)14-13-26(18)16-27(21,26)12-11-25(19,20)2/h17-21H,5-16H2,1-4H3,(H,34,35)(H3,29,30,31,32)/t17?,18?,19-,20?,21?,25-,26?,27?,28?/m1/s1. The van der Waals surface area contributed by atoms with E-state index in [-0.39, 0.29) is 5.66 Å². The Morgan fingerprint density at radius 3 is 2.60 bits per heavy atom. The molecule has 0 aromatic heterocycles. The number of fused-ring (bicyclic) bond motifs is 2. The zero-order valence-corrected chi connectivity index (χ0v) is 22.1. The van der Waals surface area contributed by atoms with E-state index in [4.69, 9.17) is 15.7 Å². The van der Waals surface area contributed by atoms with E-state index in [1.54, 1.807) is 0 Å². The minimum Gasteiger partial charge on any atom is -0.481 e. The zero-order valence-electron chi connectivity index (χ0n) is 22.1. The molecular formula is C28H45N5O2. The fourth-order valence-corrected chi connectivity index (χ4v) is 10.7. The van der Waals surface area contributed by atoms with Crippen LogP contribution in [0.1, 0.15) is 90.9 Å². The number of aliphatic carboxylic acids is 1. The summed E-state index contributed by atoms with van der Waals surface area (Å²) in [5.41, 5.74) is 7.33. The Hall–Kier alpha value is -1.79. The Balaban J connectivity index is 1.21. The van der Waals surface area contributed by atoms with Crippen LogP contribution in [0.25, 0.3) is 0 Å². The van der Waals surface area contributed by atoms with Crippen molar-refractivity contribution in [2.75, 3.05) is 14.1 Å². The van der Waals surface area contributed by atoms with Crippen LogP contribution in [0.2, 0.25) is 0 Å². The molecule has 0 saturated heterocycles. The van der Waals surface area contributed by atoms with Crippen molar-refractivity contribution in [2.45, 2.75) is 96.6 Å². The maximum Gasteiger partial charge on any atom is 0.303 e. The largest absolute Gasteiger partial charge is 0.481 e. The Morgan fingerprint density at radius 2 is 1.86 bits per heavy atom. The maximum atomic E-state index is 11.2. The van der Waals surface area contributed by atoms with Gasteiger partial charge < -0.3 is 15.7 Å². The molecule has 6 rings (SSSR count). The van der Waals surface area contributed by atoms with Gasteiger partial charge in [0.1, 0.15) is 0 Å². The van der Waals surface area contributed by atoms with Crippen molar-refractivity contribution < 1.29 is 9.90 Å². The van der Waals surface area contributed by atoms with E-state index in [1.807, 2.05) is 19.0 Å². The summed E-state index contributed by atoms with van der Waals surface area (Å²) < 4.78 is 0. The minimum atomic E-state index is -0.644. The number of hydrogen-bond acceptors (Lipinski definition) is 6. The monoisotopic (exact) mass is 483 g/mol. The SMILES string of the molecule is CC(CCC(=O)O)[C@H]1CCC2C3CCC4CC5(CCC46CC36CC[C@@]21C)N=C(N)NC(N(C)C)=N5. The van der Waals surface area contributed by atoms with E-state index in [0.29, 0.717) is 46.4 Å². The molecule has 7 unspecified atom stereocenters. The van der Waals surface area contributed by atoms with Crippen LogP contribution >= 0.6 is 0 Å². The molecule has 5 saturated carbocycles. The third-order valence-corrected chi connectivity index (χ3v) is 12.2. The second-order valence-corrected chi connectivity index (χ2v) is 13.7. The van der Waals surface area contributed by atoms with Crippen molar-refractivity contribution in [1.29, 1.82) is 0 Å². The predicted molar refractivity (Wildman–Crippen MR) is 138 cm³/mol. The van der Waals surface area contributed by atoms with E-state index >= 15 is 0 Å². The van der Waals surface area contributed by atoms with E-state index in [9.17, 15) is 9.90 Å². The molecule has 0 radical (unpaired) electrons. The third kappa shape index (κ3) is 3.24. The lowest BCUT2D eigenvalue weighted by Gasteiger charge is -2.57. The quantitative estimate of drug-likeness (QED) is 0.549. The zero-order chi connectivity index (χ0) is 24.8. The van der Waals surface area contributed by atoms with Crippen molar-refractivity contribution >= 4 is 17.9 Å². The molecule has 5 aliphatic carbocycles. The Morgan fingerprint density at radius 1 is 1.11 bits per heavy atom. The van der Waals surface area contributed by atoms with E-state index in [0.717, 1.165) is 37.1 Å². The lowest BCUT2D eigenvalue weighted by molar-refractivity contribution is -0.137. The van der Waals surface area contributed by atoms with Gasteiger partial charge in [0.05, 0.1) is 0 Å². The fraction of sp³-hybridized carbons (Fsp3) is 0.893. The lowest BCUT2D eigenvalue weighted by Crippen LogP contribution is -2.54. The number of nitrogens with zero attached hydrogens (tertiary/aromatic N) is 3. The number of carbonyl (C=O) groups is 1. The Labute approximate surface area is 210 Å². The van der Waals surface area contributed by atoms with Gasteiger partial charge in [-0.25, -0.2) is 9.98 Å². The van der Waals surface area contributed by atoms with Crippen LogP contribution in [0.4, 0.5) is 0 Å². The molecule has 9 atom stereocenters. The molecule has 0 aromatic carbocycles. The van der Waals surface area contributed by atoms with Crippen LogP contribution in [-0.4, -0.2) is 47.7 Å². The van der Waals surface area contributed by atoms with Gasteiger partial charge >= 0.3 is 5.97 Å². The summed E-state index contributed by atoms with van der Waals surface area (Å²) in [7, 11) is 4.03. The molecule has 35 heavy (non-hydrogen) atoms. The molecule has 194 valence electrons. The van der Waals surface area contributed by atoms with E-state index < -0.39 is 5.97 Å². The third-order valence-electron chi connectivity index (χ3n) is 12.2. The van der Waals surface area contributed by atoms with E-state index in [1.165, 1.54) is 51.4 Å². The Kier molecular flexibility index (Phi) is 5.13. The number of hydrogen-bond donors (Lipinski definition) is 3. The van der Waals surface area contributed by atoms with Crippen molar-refractivity contribution in [3.05, 3.63) is 0 Å². The highest BCUT2D eigenvalue weighted by Gasteiger charge is 2.79. The number of carboxylic acid groups (broad SMARTS) is 1. The molecule has 6 aliphatic rings. The molecule has 0 bridgehead atoms. The average Bonchev–Trinajstić information content (AvgIpc) is 3.34. The predicted octanol–water partition coefficient (Wildman–Crippen LogP) is 4.43. The van der Waals surface area contributed by atoms with Crippen LogP contribution in [0.5, 0.6) is 0 Å². The summed E-state index contributed by atoms with van der Waals surface area (Å²) >= 11 is 0. The van der Waals surface area contributed by atoms with Crippen molar-refractivity contribution in [3.63, 3.8) is 0 Å². The highest BCUT2D eigenvalue weighted by molar-refractivity contribution is 5.99. The van der Waals surface area contributed by atoms with Crippen LogP contribution in [0, 0.1) is 45.8 Å². The second-order valence-electron chi connectivity index (χ2n) is 13.7. The molecular weight excluding hydrogens is 438 g/mol. The summed E-state index contributed by atoms with van der Waals surface area (Å²) in [6.07, 6.45) is 14.0. The number of rotatable bonds is 4. The number of nitrogens with one attached hydrogen (secondary N) is 1. The Bertz CT molecular complexity index is 978. The van der Waals surface area contributed by atoms with Gasteiger partial charge in [-0.05, 0) is 116 Å². The second kappa shape index (κ2) is 7.61. The lowest BCUT2D eigenvalue weighted by atomic mass is 9.48. The van der Waals surface area contributed by atoms with Gasteiger partial charge in [-0.2, -0.15) is 0 Å². The van der Waals surface area contributed by atoms with Crippen LogP contribution in [0.15, 0.2) is 9.98 Å². The van der Waals surface area contributed by atoms with Gasteiger partial charge in [0.25, 0.3) is 0 Å². The average molecular weight is 484 g/mol. The molecule has 0 amide bonds. The fourth-order valence-electron chi connectivity index (χ4n) is 10.7. The van der Waals surface area contributed by atoms with Gasteiger partial charge in [0.2, 0.25) is 5.96 Å². The van der Waals surface area contributed by atoms with Crippen molar-refractivity contribution in [2.24, 2.45) is 61.6 Å². The molecule has 7 heteroatoms. The molecule has 4 N–H and O–H groups in total. The first kappa shape index (κ1) is 23.6. The van der Waals surface area contributed by atoms with Gasteiger partial charge in [-0.3, -0.25) is 10.1 Å². The molecule has 0 aromatic rings. The van der Waals surface area contributed by atoms with E-state index in [2.05, 4.69) is 19.2 Å². The number of carboxylic acids is 1. The van der Waals surface area contributed by atoms with Gasteiger partial charge in [-0.1, -0.05) is 13.8 Å². The topological polar surface area (TPSA) is 103 Å². The first-order valence-corrected chi connectivity index (χ1v) is 14.2.